The summed E-state index contributed by atoms with van der Waals surface area (Å²) in [6.07, 6.45) is -2.85. The minimum atomic E-state index is -4.62. The molecule has 0 radical (unpaired) electrons. The van der Waals surface area contributed by atoms with Crippen molar-refractivity contribution in [3.63, 3.8) is 0 Å². The largest absolute Gasteiger partial charge is 0.417 e. The molecule has 0 bridgehead atoms. The first-order valence-electron chi connectivity index (χ1n) is 10.6. The second-order valence-corrected chi connectivity index (χ2v) is 9.81. The topological polar surface area (TPSA) is 90.8 Å². The maximum atomic E-state index is 13.0. The highest BCUT2D eigenvalue weighted by Gasteiger charge is 2.33. The van der Waals surface area contributed by atoms with E-state index in [2.05, 4.69) is 15.8 Å². The lowest BCUT2D eigenvalue weighted by atomic mass is 10.1. The molecule has 3 N–H and O–H groups in total. The predicted molar refractivity (Wildman–Crippen MR) is 138 cm³/mol. The highest BCUT2D eigenvalue weighted by atomic mass is 35.5. The number of hydrogen-bond donors (Lipinski definition) is 3. The van der Waals surface area contributed by atoms with Crippen LogP contribution in [0.1, 0.15) is 43.8 Å². The van der Waals surface area contributed by atoms with E-state index < -0.39 is 28.6 Å². The van der Waals surface area contributed by atoms with E-state index in [-0.39, 0.29) is 17.7 Å². The molecular weight excluding hydrogens is 535 g/mol. The van der Waals surface area contributed by atoms with E-state index in [4.69, 9.17) is 16.7 Å². The van der Waals surface area contributed by atoms with Crippen molar-refractivity contribution < 1.29 is 27.9 Å². The van der Waals surface area contributed by atoms with Gasteiger partial charge in [-0.25, -0.2) is 5.43 Å². The summed E-state index contributed by atoms with van der Waals surface area (Å²) in [5, 5.41) is 16.8. The van der Waals surface area contributed by atoms with Crippen molar-refractivity contribution in [3.05, 3.63) is 86.8 Å². The summed E-state index contributed by atoms with van der Waals surface area (Å²) in [6.45, 7) is 0.137. The summed E-state index contributed by atoms with van der Waals surface area (Å²) < 4.78 is 39.0. The molecule has 6 nitrogen and oxygen atoms in total. The number of thiophene rings is 1. The molecule has 0 aliphatic rings. The van der Waals surface area contributed by atoms with Crippen molar-refractivity contribution >= 4 is 57.7 Å². The van der Waals surface area contributed by atoms with Crippen molar-refractivity contribution in [3.8, 4) is 0 Å². The maximum absolute atomic E-state index is 13.0. The quantitative estimate of drug-likeness (QED) is 0.161. The van der Waals surface area contributed by atoms with Crippen LogP contribution in [-0.2, 0) is 11.9 Å². The second kappa shape index (κ2) is 12.9. The Hall–Kier alpha value is -2.86. The minimum absolute atomic E-state index is 0.0975. The lowest BCUT2D eigenvalue weighted by Gasteiger charge is -2.09. The number of aliphatic hydroxyl groups is 1. The summed E-state index contributed by atoms with van der Waals surface area (Å²) in [4.78, 5) is 25.3. The summed E-state index contributed by atoms with van der Waals surface area (Å²) in [6, 6.07) is 11.9. The number of thioether (sulfide) groups is 1. The number of rotatable bonds is 10. The van der Waals surface area contributed by atoms with Crippen molar-refractivity contribution in [2.45, 2.75) is 18.3 Å². The Morgan fingerprint density at radius 1 is 1.14 bits per heavy atom. The van der Waals surface area contributed by atoms with E-state index in [1.54, 1.807) is 35.3 Å². The number of hydrogen-bond acceptors (Lipinski definition) is 6. The molecule has 0 aliphatic carbocycles. The lowest BCUT2D eigenvalue weighted by Crippen LogP contribution is -2.20. The van der Waals surface area contributed by atoms with Crippen molar-refractivity contribution in [2.24, 2.45) is 5.10 Å². The van der Waals surface area contributed by atoms with Crippen LogP contribution in [0.3, 0.4) is 0 Å². The first-order chi connectivity index (χ1) is 17.2. The van der Waals surface area contributed by atoms with Gasteiger partial charge in [0.15, 0.2) is 0 Å². The van der Waals surface area contributed by atoms with Gasteiger partial charge in [-0.1, -0.05) is 29.8 Å². The van der Waals surface area contributed by atoms with Gasteiger partial charge in [-0.05, 0) is 59.0 Å². The van der Waals surface area contributed by atoms with Gasteiger partial charge in [0.2, 0.25) is 0 Å². The number of amides is 2. The van der Waals surface area contributed by atoms with E-state index in [0.717, 1.165) is 41.0 Å². The molecule has 3 rings (SSSR count). The number of carbonyl (C=O) groups excluding carboxylic acids is 2. The molecule has 0 saturated heterocycles. The number of halogens is 4. The molecule has 3 aromatic rings. The summed E-state index contributed by atoms with van der Waals surface area (Å²) in [5.74, 6) is 0.481. The van der Waals surface area contributed by atoms with Crippen LogP contribution >= 0.6 is 34.7 Å². The monoisotopic (exact) mass is 555 g/mol. The van der Waals surface area contributed by atoms with Crippen LogP contribution in [0.4, 0.5) is 18.2 Å². The van der Waals surface area contributed by atoms with Gasteiger partial charge in [0, 0.05) is 17.9 Å². The molecule has 0 unspecified atom stereocenters. The molecule has 0 atom stereocenters. The Morgan fingerprint density at radius 3 is 2.69 bits per heavy atom. The predicted octanol–water partition coefficient (Wildman–Crippen LogP) is 6.05. The molecule has 12 heteroatoms. The average Bonchev–Trinajstić information content (AvgIpc) is 3.30. The number of nitrogens with zero attached hydrogens (tertiary/aromatic N) is 1. The van der Waals surface area contributed by atoms with Gasteiger partial charge in [-0.15, -0.1) is 11.3 Å². The number of benzene rings is 2. The highest BCUT2D eigenvalue weighted by Crippen LogP contribution is 2.34. The van der Waals surface area contributed by atoms with Gasteiger partial charge < -0.3 is 10.4 Å². The van der Waals surface area contributed by atoms with Crippen LogP contribution in [0.2, 0.25) is 5.02 Å². The fourth-order valence-electron chi connectivity index (χ4n) is 2.99. The first-order valence-corrected chi connectivity index (χ1v) is 13.0. The Morgan fingerprint density at radius 2 is 1.94 bits per heavy atom. The van der Waals surface area contributed by atoms with Gasteiger partial charge in [0.05, 0.1) is 22.4 Å². The zero-order valence-electron chi connectivity index (χ0n) is 18.6. The molecule has 0 aliphatic heterocycles. The molecule has 2 aromatic carbocycles. The highest BCUT2D eigenvalue weighted by molar-refractivity contribution is 7.98. The van der Waals surface area contributed by atoms with Gasteiger partial charge in [0.1, 0.15) is 5.00 Å². The number of carbonyl (C=O) groups is 2. The minimum Gasteiger partial charge on any atom is -0.396 e. The molecule has 1 heterocycles. The van der Waals surface area contributed by atoms with E-state index in [1.807, 2.05) is 6.07 Å². The Labute approximate surface area is 218 Å². The van der Waals surface area contributed by atoms with Crippen LogP contribution in [0, 0.1) is 0 Å². The number of aliphatic hydroxyl groups excluding tert-OH is 1. The number of alkyl halides is 3. The standard InChI is InChI=1S/C24H21ClF3N3O3S2/c25-20-6-5-15(12-19(20)24(26,27)28)13-29-31-22(34)18-7-10-36-23(18)30-21(33)17-4-1-3-16(11-17)14-35-9-2-8-32/h1,3-7,10-13,32H,2,8-9,14H2,(H,30,33)(H,31,34)/b29-13-. The van der Waals surface area contributed by atoms with E-state index in [1.165, 1.54) is 12.1 Å². The molecule has 0 fully saturated rings. The fraction of sp³-hybridized carbons (Fsp3) is 0.208. The van der Waals surface area contributed by atoms with Crippen LogP contribution in [-0.4, -0.2) is 35.5 Å². The summed E-state index contributed by atoms with van der Waals surface area (Å²) >= 11 is 8.40. The van der Waals surface area contributed by atoms with Gasteiger partial charge in [0.25, 0.3) is 11.8 Å². The molecule has 0 saturated carbocycles. The Bertz CT molecular complexity index is 1250. The molecule has 0 spiro atoms. The number of hydrazone groups is 1. The van der Waals surface area contributed by atoms with Crippen LogP contribution < -0.4 is 10.7 Å². The van der Waals surface area contributed by atoms with Crippen LogP contribution in [0.15, 0.2) is 59.0 Å². The van der Waals surface area contributed by atoms with Crippen LogP contribution in [0.25, 0.3) is 0 Å². The molecule has 36 heavy (non-hydrogen) atoms. The molecule has 1 aromatic heterocycles. The third-order valence-corrected chi connectivity index (χ3v) is 6.99. The molecule has 2 amide bonds. The smallest absolute Gasteiger partial charge is 0.396 e. The number of anilines is 1. The molecule has 190 valence electrons. The SMILES string of the molecule is O=C(Nc1sccc1C(=O)N/N=C\c1ccc(Cl)c(C(F)(F)F)c1)c1cccc(CSCCCO)c1. The number of nitrogens with one attached hydrogen (secondary N) is 2. The van der Waals surface area contributed by atoms with Gasteiger partial charge >= 0.3 is 6.18 Å². The molecular formula is C24H21ClF3N3O3S2. The van der Waals surface area contributed by atoms with Crippen LogP contribution in [0.5, 0.6) is 0 Å². The van der Waals surface area contributed by atoms with Crippen molar-refractivity contribution in [1.29, 1.82) is 0 Å². The fourth-order valence-corrected chi connectivity index (χ4v) is 4.88. The van der Waals surface area contributed by atoms with Crippen molar-refractivity contribution in [1.82, 2.24) is 5.43 Å². The Balaban J connectivity index is 1.63. The van der Waals surface area contributed by atoms with E-state index in [0.29, 0.717) is 22.7 Å². The summed E-state index contributed by atoms with van der Waals surface area (Å²) in [5.41, 5.74) is 2.89. The van der Waals surface area contributed by atoms with Gasteiger partial charge in [-0.3, -0.25) is 9.59 Å². The third kappa shape index (κ3) is 7.82. The second-order valence-electron chi connectivity index (χ2n) is 7.38. The zero-order valence-corrected chi connectivity index (χ0v) is 21.0. The summed E-state index contributed by atoms with van der Waals surface area (Å²) in [7, 11) is 0. The zero-order chi connectivity index (χ0) is 26.1. The average molecular weight is 556 g/mol. The van der Waals surface area contributed by atoms with Gasteiger partial charge in [-0.2, -0.15) is 30.0 Å². The third-order valence-electron chi connectivity index (χ3n) is 4.72. The maximum Gasteiger partial charge on any atom is 0.417 e. The lowest BCUT2D eigenvalue weighted by molar-refractivity contribution is -0.137. The van der Waals surface area contributed by atoms with Crippen molar-refractivity contribution in [2.75, 3.05) is 17.7 Å². The van der Waals surface area contributed by atoms with E-state index in [9.17, 15) is 22.8 Å². The van der Waals surface area contributed by atoms with E-state index >= 15 is 0 Å². The normalized spacial score (nSPS) is 11.6. The first kappa shape index (κ1) is 27.7. The Kier molecular flexibility index (Phi) is 9.94.